The van der Waals surface area contributed by atoms with E-state index in [-0.39, 0.29) is 0 Å². The van der Waals surface area contributed by atoms with Crippen LogP contribution in [0.25, 0.3) is 0 Å². The summed E-state index contributed by atoms with van der Waals surface area (Å²) < 4.78 is 0. The van der Waals surface area contributed by atoms with Gasteiger partial charge in [-0.05, 0) is 30.4 Å². The second-order valence-corrected chi connectivity index (χ2v) is 6.73. The Morgan fingerprint density at radius 1 is 1.50 bits per heavy atom. The zero-order chi connectivity index (χ0) is 12.5. The molecule has 18 heavy (non-hydrogen) atoms. The van der Waals surface area contributed by atoms with Crippen LogP contribution in [0.5, 0.6) is 0 Å². The average Bonchev–Trinajstić information content (AvgIpc) is 3.05. The largest absolute Gasteiger partial charge is 0.290 e. The molecule has 0 fully saturated rings. The lowest BCUT2D eigenvalue weighted by Crippen LogP contribution is -2.32. The molecule has 0 N–H and O–H groups in total. The molecule has 0 amide bonds. The van der Waals surface area contributed by atoms with E-state index in [0.717, 1.165) is 18.8 Å². The number of aromatic nitrogens is 1. The molecule has 0 spiro atoms. The Hall–Kier alpha value is -0.420. The van der Waals surface area contributed by atoms with Crippen LogP contribution < -0.4 is 0 Å². The SMILES string of the molecule is CC(c1nc(CCl)cs1)N1CCc2sccc2C1. The molecule has 1 unspecified atom stereocenters. The van der Waals surface area contributed by atoms with Crippen molar-refractivity contribution in [1.29, 1.82) is 0 Å². The molecule has 3 heterocycles. The van der Waals surface area contributed by atoms with Crippen molar-refractivity contribution in [2.75, 3.05) is 6.54 Å². The van der Waals surface area contributed by atoms with E-state index >= 15 is 0 Å². The van der Waals surface area contributed by atoms with E-state index < -0.39 is 0 Å². The minimum absolute atomic E-state index is 0.389. The van der Waals surface area contributed by atoms with Crippen molar-refractivity contribution in [3.63, 3.8) is 0 Å². The Morgan fingerprint density at radius 2 is 2.39 bits per heavy atom. The van der Waals surface area contributed by atoms with Crippen LogP contribution in [0, 0.1) is 0 Å². The first-order valence-corrected chi connectivity index (χ1v) is 8.37. The van der Waals surface area contributed by atoms with Gasteiger partial charge in [-0.1, -0.05) is 0 Å². The van der Waals surface area contributed by atoms with Gasteiger partial charge in [0.15, 0.2) is 0 Å². The molecule has 0 saturated carbocycles. The average molecular weight is 299 g/mol. The van der Waals surface area contributed by atoms with E-state index in [1.54, 1.807) is 16.2 Å². The smallest absolute Gasteiger partial charge is 0.110 e. The van der Waals surface area contributed by atoms with Crippen molar-refractivity contribution in [3.8, 4) is 0 Å². The Bertz CT molecular complexity index is 535. The Labute approximate surface area is 120 Å². The molecule has 5 heteroatoms. The molecule has 0 bridgehead atoms. The third-order valence-corrected chi connectivity index (χ3v) is 5.81. The van der Waals surface area contributed by atoms with Crippen LogP contribution in [0.3, 0.4) is 0 Å². The number of thiazole rings is 1. The summed E-state index contributed by atoms with van der Waals surface area (Å²) in [5.74, 6) is 0.512. The molecule has 0 radical (unpaired) electrons. The van der Waals surface area contributed by atoms with Crippen LogP contribution in [0.15, 0.2) is 16.8 Å². The minimum Gasteiger partial charge on any atom is -0.290 e. The highest BCUT2D eigenvalue weighted by Crippen LogP contribution is 2.31. The molecule has 3 rings (SSSR count). The van der Waals surface area contributed by atoms with Crippen LogP contribution in [0.2, 0.25) is 0 Å². The van der Waals surface area contributed by atoms with Crippen LogP contribution in [-0.2, 0) is 18.8 Å². The number of nitrogens with zero attached hydrogens (tertiary/aromatic N) is 2. The Kier molecular flexibility index (Phi) is 3.71. The number of thiophene rings is 1. The summed E-state index contributed by atoms with van der Waals surface area (Å²) in [5.41, 5.74) is 2.49. The molecule has 0 aromatic carbocycles. The molecule has 2 aromatic rings. The fraction of sp³-hybridized carbons (Fsp3) is 0.462. The lowest BCUT2D eigenvalue weighted by atomic mass is 10.1. The van der Waals surface area contributed by atoms with Crippen molar-refractivity contribution in [1.82, 2.24) is 9.88 Å². The minimum atomic E-state index is 0.389. The molecular formula is C13H15ClN2S2. The van der Waals surface area contributed by atoms with E-state index in [1.807, 2.05) is 11.3 Å². The van der Waals surface area contributed by atoms with E-state index in [4.69, 9.17) is 11.6 Å². The maximum atomic E-state index is 5.81. The van der Waals surface area contributed by atoms with Gasteiger partial charge in [-0.15, -0.1) is 34.3 Å². The lowest BCUT2D eigenvalue weighted by Gasteiger charge is -2.31. The maximum Gasteiger partial charge on any atom is 0.110 e. The molecule has 1 aliphatic heterocycles. The molecule has 2 nitrogen and oxygen atoms in total. The quantitative estimate of drug-likeness (QED) is 0.794. The van der Waals surface area contributed by atoms with Crippen LogP contribution in [0.4, 0.5) is 0 Å². The molecule has 96 valence electrons. The molecular weight excluding hydrogens is 284 g/mol. The fourth-order valence-corrected chi connectivity index (χ4v) is 4.36. The summed E-state index contributed by atoms with van der Waals surface area (Å²) in [7, 11) is 0. The predicted molar refractivity (Wildman–Crippen MR) is 78.5 cm³/mol. The van der Waals surface area contributed by atoms with Crippen LogP contribution >= 0.6 is 34.3 Å². The highest BCUT2D eigenvalue weighted by Gasteiger charge is 2.24. The van der Waals surface area contributed by atoms with Crippen molar-refractivity contribution in [2.24, 2.45) is 0 Å². The van der Waals surface area contributed by atoms with Gasteiger partial charge in [0.05, 0.1) is 17.6 Å². The predicted octanol–water partition coefficient (Wildman–Crippen LogP) is 4.06. The highest BCUT2D eigenvalue weighted by molar-refractivity contribution is 7.10. The number of hydrogen-bond donors (Lipinski definition) is 0. The van der Waals surface area contributed by atoms with Crippen molar-refractivity contribution < 1.29 is 0 Å². The number of alkyl halides is 1. The molecule has 1 aliphatic rings. The number of fused-ring (bicyclic) bond motifs is 1. The fourth-order valence-electron chi connectivity index (χ4n) is 2.33. The molecule has 0 aliphatic carbocycles. The summed E-state index contributed by atoms with van der Waals surface area (Å²) in [6.45, 7) is 4.43. The monoisotopic (exact) mass is 298 g/mol. The van der Waals surface area contributed by atoms with Gasteiger partial charge < -0.3 is 0 Å². The van der Waals surface area contributed by atoms with Gasteiger partial charge in [-0.2, -0.15) is 0 Å². The van der Waals surface area contributed by atoms with Crippen molar-refractivity contribution in [3.05, 3.63) is 38.0 Å². The first-order valence-electron chi connectivity index (χ1n) is 6.07. The zero-order valence-corrected chi connectivity index (χ0v) is 12.6. The standard InChI is InChI=1S/C13H15ClN2S2/c1-9(13-15-11(6-14)8-18-13)16-4-2-12-10(7-16)3-5-17-12/h3,5,8-9H,2,4,6-7H2,1H3. The third-order valence-electron chi connectivity index (χ3n) is 3.45. The van der Waals surface area contributed by atoms with Crippen LogP contribution in [0.1, 0.15) is 34.1 Å². The summed E-state index contributed by atoms with van der Waals surface area (Å²) in [6, 6.07) is 2.64. The zero-order valence-electron chi connectivity index (χ0n) is 10.2. The summed E-state index contributed by atoms with van der Waals surface area (Å²) in [6.07, 6.45) is 1.17. The molecule has 2 aromatic heterocycles. The normalized spacial score (nSPS) is 17.7. The Balaban J connectivity index is 1.76. The van der Waals surface area contributed by atoms with E-state index in [2.05, 4.69) is 33.6 Å². The van der Waals surface area contributed by atoms with E-state index in [1.165, 1.54) is 17.0 Å². The van der Waals surface area contributed by atoms with E-state index in [0.29, 0.717) is 11.9 Å². The first-order chi connectivity index (χ1) is 8.78. The molecule has 0 saturated heterocycles. The topological polar surface area (TPSA) is 16.1 Å². The van der Waals surface area contributed by atoms with Gasteiger partial charge in [-0.25, -0.2) is 4.98 Å². The van der Waals surface area contributed by atoms with Crippen molar-refractivity contribution in [2.45, 2.75) is 31.8 Å². The van der Waals surface area contributed by atoms with E-state index in [9.17, 15) is 0 Å². The maximum absolute atomic E-state index is 5.81. The van der Waals surface area contributed by atoms with Crippen LogP contribution in [-0.4, -0.2) is 16.4 Å². The van der Waals surface area contributed by atoms with Gasteiger partial charge in [0.1, 0.15) is 5.01 Å². The van der Waals surface area contributed by atoms with Gasteiger partial charge in [-0.3, -0.25) is 4.90 Å². The number of halogens is 1. The summed E-state index contributed by atoms with van der Waals surface area (Å²) >= 11 is 9.43. The summed E-state index contributed by atoms with van der Waals surface area (Å²) in [4.78, 5) is 8.66. The third kappa shape index (κ3) is 2.35. The van der Waals surface area contributed by atoms with Crippen molar-refractivity contribution >= 4 is 34.3 Å². The number of rotatable bonds is 3. The van der Waals surface area contributed by atoms with Gasteiger partial charge >= 0.3 is 0 Å². The first kappa shape index (κ1) is 12.6. The lowest BCUT2D eigenvalue weighted by molar-refractivity contribution is 0.193. The second-order valence-electron chi connectivity index (χ2n) is 4.58. The van der Waals surface area contributed by atoms with Gasteiger partial charge in [0.25, 0.3) is 0 Å². The number of hydrogen-bond acceptors (Lipinski definition) is 4. The van der Waals surface area contributed by atoms with Gasteiger partial charge in [0, 0.05) is 23.3 Å². The van der Waals surface area contributed by atoms with Gasteiger partial charge in [0.2, 0.25) is 0 Å². The Morgan fingerprint density at radius 3 is 3.17 bits per heavy atom. The summed E-state index contributed by atoms with van der Waals surface area (Å²) in [5, 5.41) is 5.46. The second kappa shape index (κ2) is 5.29. The molecule has 1 atom stereocenters. The highest BCUT2D eigenvalue weighted by atomic mass is 35.5.